The first-order valence-corrected chi connectivity index (χ1v) is 8.52. The molecule has 0 radical (unpaired) electrons. The van der Waals surface area contributed by atoms with Gasteiger partial charge >= 0.3 is 12.0 Å². The maximum Gasteiger partial charge on any atom is 0.343 e. The van der Waals surface area contributed by atoms with Crippen LogP contribution < -0.4 is 4.74 Å². The number of aryl methyl sites for hydroxylation is 1. The SMILES string of the molecule is COc1nc(-c2ccc(C)o2)c2c(n1)C(Cc1c(F)cccc1Cl)OC2=O. The Balaban J connectivity index is 1.82. The summed E-state index contributed by atoms with van der Waals surface area (Å²) in [5.74, 6) is -0.0209. The van der Waals surface area contributed by atoms with Crippen molar-refractivity contribution in [1.29, 1.82) is 0 Å². The third-order valence-corrected chi connectivity index (χ3v) is 4.64. The minimum atomic E-state index is -0.811. The Morgan fingerprint density at radius 1 is 1.26 bits per heavy atom. The number of esters is 1. The summed E-state index contributed by atoms with van der Waals surface area (Å²) in [5.41, 5.74) is 1.02. The number of nitrogens with zero attached hydrogens (tertiary/aromatic N) is 2. The lowest BCUT2D eigenvalue weighted by molar-refractivity contribution is 0.0380. The molecule has 8 heteroatoms. The van der Waals surface area contributed by atoms with Crippen LogP contribution >= 0.6 is 11.6 Å². The molecule has 0 saturated carbocycles. The van der Waals surface area contributed by atoms with E-state index in [1.54, 1.807) is 25.1 Å². The molecule has 2 aromatic heterocycles. The molecule has 3 heterocycles. The lowest BCUT2D eigenvalue weighted by atomic mass is 10.0. The van der Waals surface area contributed by atoms with Gasteiger partial charge in [-0.2, -0.15) is 9.97 Å². The van der Waals surface area contributed by atoms with Crippen LogP contribution in [0.15, 0.2) is 34.7 Å². The second kappa shape index (κ2) is 6.66. The van der Waals surface area contributed by atoms with Crippen molar-refractivity contribution in [3.63, 3.8) is 0 Å². The summed E-state index contributed by atoms with van der Waals surface area (Å²) in [6.07, 6.45) is -0.769. The van der Waals surface area contributed by atoms with Crippen molar-refractivity contribution in [2.75, 3.05) is 7.11 Å². The molecule has 0 N–H and O–H groups in total. The van der Waals surface area contributed by atoms with Crippen molar-refractivity contribution in [2.45, 2.75) is 19.4 Å². The van der Waals surface area contributed by atoms with Gasteiger partial charge in [-0.1, -0.05) is 17.7 Å². The predicted molar refractivity (Wildman–Crippen MR) is 94.3 cm³/mol. The third-order valence-electron chi connectivity index (χ3n) is 4.28. The van der Waals surface area contributed by atoms with Gasteiger partial charge in [-0.05, 0) is 31.2 Å². The van der Waals surface area contributed by atoms with Crippen LogP contribution in [-0.2, 0) is 11.2 Å². The highest BCUT2D eigenvalue weighted by molar-refractivity contribution is 6.31. The average molecular weight is 389 g/mol. The highest BCUT2D eigenvalue weighted by atomic mass is 35.5. The Morgan fingerprint density at radius 3 is 2.74 bits per heavy atom. The van der Waals surface area contributed by atoms with E-state index in [1.165, 1.54) is 19.2 Å². The van der Waals surface area contributed by atoms with Crippen LogP contribution in [0.2, 0.25) is 5.02 Å². The molecule has 0 amide bonds. The van der Waals surface area contributed by atoms with E-state index in [2.05, 4.69) is 9.97 Å². The normalized spacial score (nSPS) is 15.6. The summed E-state index contributed by atoms with van der Waals surface area (Å²) in [5, 5.41) is 0.252. The molecule has 1 aliphatic heterocycles. The van der Waals surface area contributed by atoms with Gasteiger partial charge in [0, 0.05) is 17.0 Å². The molecule has 27 heavy (non-hydrogen) atoms. The summed E-state index contributed by atoms with van der Waals surface area (Å²) in [7, 11) is 1.42. The molecule has 0 aliphatic carbocycles. The fraction of sp³-hybridized carbons (Fsp3) is 0.211. The number of methoxy groups -OCH3 is 1. The van der Waals surface area contributed by atoms with Gasteiger partial charge in [-0.15, -0.1) is 0 Å². The zero-order chi connectivity index (χ0) is 19.1. The molecule has 1 atom stereocenters. The number of hydrogen-bond acceptors (Lipinski definition) is 6. The number of benzene rings is 1. The molecule has 1 unspecified atom stereocenters. The summed E-state index contributed by atoms with van der Waals surface area (Å²) in [6, 6.07) is 7.91. The first-order chi connectivity index (χ1) is 13.0. The predicted octanol–water partition coefficient (Wildman–Crippen LogP) is 4.30. The van der Waals surface area contributed by atoms with Crippen molar-refractivity contribution in [3.8, 4) is 17.5 Å². The van der Waals surface area contributed by atoms with Crippen molar-refractivity contribution in [1.82, 2.24) is 9.97 Å². The Labute approximate surface area is 158 Å². The molecule has 0 fully saturated rings. The maximum atomic E-state index is 14.2. The highest BCUT2D eigenvalue weighted by Crippen LogP contribution is 2.39. The number of halogens is 2. The van der Waals surface area contributed by atoms with Crippen LogP contribution in [0, 0.1) is 12.7 Å². The van der Waals surface area contributed by atoms with Crippen LogP contribution in [0.25, 0.3) is 11.5 Å². The fourth-order valence-corrected chi connectivity index (χ4v) is 3.26. The molecule has 1 aromatic carbocycles. The largest absolute Gasteiger partial charge is 0.467 e. The van der Waals surface area contributed by atoms with E-state index in [0.717, 1.165) is 0 Å². The van der Waals surface area contributed by atoms with E-state index in [0.29, 0.717) is 17.2 Å². The van der Waals surface area contributed by atoms with Crippen molar-refractivity contribution >= 4 is 17.6 Å². The Hall–Kier alpha value is -2.93. The van der Waals surface area contributed by atoms with E-state index in [-0.39, 0.29) is 34.3 Å². The standard InChI is InChI=1S/C19H14ClFN2O4/c1-9-6-7-13(26-9)16-15-17(23-19(22-16)25-2)14(27-18(15)24)8-10-11(20)4-3-5-12(10)21/h3-7,14H,8H2,1-2H3. The van der Waals surface area contributed by atoms with Crippen LogP contribution in [0.1, 0.15) is 33.5 Å². The average Bonchev–Trinajstić information content (AvgIpc) is 3.21. The number of cyclic esters (lactones) is 1. The molecular weight excluding hydrogens is 375 g/mol. The van der Waals surface area contributed by atoms with Gasteiger partial charge in [-0.25, -0.2) is 9.18 Å². The molecule has 138 valence electrons. The summed E-state index contributed by atoms with van der Waals surface area (Å²) in [6.45, 7) is 1.78. The molecule has 0 saturated heterocycles. The fourth-order valence-electron chi connectivity index (χ4n) is 3.02. The first kappa shape index (κ1) is 17.5. The van der Waals surface area contributed by atoms with Crippen molar-refractivity contribution < 1.29 is 23.1 Å². The van der Waals surface area contributed by atoms with Gasteiger partial charge in [0.25, 0.3) is 0 Å². The van der Waals surface area contributed by atoms with E-state index >= 15 is 0 Å². The molecule has 1 aliphatic rings. The Morgan fingerprint density at radius 2 is 2.07 bits per heavy atom. The Kier molecular flexibility index (Phi) is 4.31. The van der Waals surface area contributed by atoms with Gasteiger partial charge in [0.2, 0.25) is 0 Å². The smallest absolute Gasteiger partial charge is 0.343 e. The van der Waals surface area contributed by atoms with Gasteiger partial charge < -0.3 is 13.9 Å². The lowest BCUT2D eigenvalue weighted by Crippen LogP contribution is -2.07. The molecule has 4 rings (SSSR count). The molecular formula is C19H14ClFN2O4. The second-order valence-electron chi connectivity index (χ2n) is 6.03. The monoisotopic (exact) mass is 388 g/mol. The lowest BCUT2D eigenvalue weighted by Gasteiger charge is -2.12. The number of ether oxygens (including phenoxy) is 2. The number of carbonyl (C=O) groups excluding carboxylic acids is 1. The van der Waals surface area contributed by atoms with Crippen LogP contribution in [0.3, 0.4) is 0 Å². The van der Waals surface area contributed by atoms with Crippen molar-refractivity contribution in [2.24, 2.45) is 0 Å². The number of hydrogen-bond donors (Lipinski definition) is 0. The Bertz CT molecular complexity index is 1030. The summed E-state index contributed by atoms with van der Waals surface area (Å²) >= 11 is 6.11. The highest BCUT2D eigenvalue weighted by Gasteiger charge is 2.38. The second-order valence-corrected chi connectivity index (χ2v) is 6.43. The van der Waals surface area contributed by atoms with E-state index in [1.807, 2.05) is 0 Å². The van der Waals surface area contributed by atoms with Gasteiger partial charge in [0.15, 0.2) is 5.76 Å². The maximum absolute atomic E-state index is 14.2. The number of aromatic nitrogens is 2. The third kappa shape index (κ3) is 3.04. The minimum absolute atomic E-state index is 0.0427. The molecule has 6 nitrogen and oxygen atoms in total. The minimum Gasteiger partial charge on any atom is -0.467 e. The molecule has 0 bridgehead atoms. The number of furan rings is 1. The number of carbonyl (C=O) groups is 1. The zero-order valence-electron chi connectivity index (χ0n) is 14.5. The van der Waals surface area contributed by atoms with Gasteiger partial charge in [-0.3, -0.25) is 0 Å². The van der Waals surface area contributed by atoms with Crippen molar-refractivity contribution in [3.05, 3.63) is 63.8 Å². The van der Waals surface area contributed by atoms with Gasteiger partial charge in [0.1, 0.15) is 34.6 Å². The topological polar surface area (TPSA) is 74.5 Å². The van der Waals surface area contributed by atoms with Crippen LogP contribution in [0.5, 0.6) is 6.01 Å². The van der Waals surface area contributed by atoms with E-state index in [9.17, 15) is 9.18 Å². The number of fused-ring (bicyclic) bond motifs is 1. The number of rotatable bonds is 4. The van der Waals surface area contributed by atoms with E-state index < -0.39 is 17.9 Å². The van der Waals surface area contributed by atoms with E-state index in [4.69, 9.17) is 25.5 Å². The van der Waals surface area contributed by atoms with Crippen LogP contribution in [0.4, 0.5) is 4.39 Å². The van der Waals surface area contributed by atoms with Crippen LogP contribution in [-0.4, -0.2) is 23.0 Å². The molecule has 0 spiro atoms. The van der Waals surface area contributed by atoms with Gasteiger partial charge in [0.05, 0.1) is 7.11 Å². The summed E-state index contributed by atoms with van der Waals surface area (Å²) in [4.78, 5) is 21.0. The molecule has 3 aromatic rings. The zero-order valence-corrected chi connectivity index (χ0v) is 15.2. The quantitative estimate of drug-likeness (QED) is 0.620. The summed E-state index contributed by atoms with van der Waals surface area (Å²) < 4.78 is 30.4. The first-order valence-electron chi connectivity index (χ1n) is 8.14.